The maximum Gasteiger partial charge on any atom is 0.0683 e. The molecule has 0 radical (unpaired) electrons. The van der Waals surface area contributed by atoms with Gasteiger partial charge < -0.3 is 4.90 Å². The van der Waals surface area contributed by atoms with Gasteiger partial charge in [0, 0.05) is 0 Å². The van der Waals surface area contributed by atoms with Crippen LogP contribution in [0.15, 0.2) is 0 Å². The number of hydrogen-bond acceptors (Lipinski definition) is 2. The fraction of sp³-hybridized carbons (Fsp3) is 0.917. The van der Waals surface area contributed by atoms with Crippen molar-refractivity contribution in [2.24, 2.45) is 5.41 Å². The zero-order valence-electron chi connectivity index (χ0n) is 10.1. The second-order valence-corrected chi connectivity index (χ2v) is 4.76. The minimum Gasteiger partial charge on any atom is -0.306 e. The van der Waals surface area contributed by atoms with Crippen LogP contribution in [0.4, 0.5) is 0 Å². The number of unbranched alkanes of at least 4 members (excludes halogenated alkanes) is 1. The molecule has 0 aromatic heterocycles. The first kappa shape index (κ1) is 13.4. The standard InChI is InChI=1S/C12H24N2/c1-5-9-14(4)10-7-6-8-12(2,3)11-13/h5-10H2,1-4H3. The monoisotopic (exact) mass is 196 g/mol. The fourth-order valence-electron chi connectivity index (χ4n) is 1.50. The maximum absolute atomic E-state index is 8.83. The van der Waals surface area contributed by atoms with E-state index in [4.69, 9.17) is 5.26 Å². The lowest BCUT2D eigenvalue weighted by Crippen LogP contribution is -2.20. The molecule has 0 atom stereocenters. The lowest BCUT2D eigenvalue weighted by Gasteiger charge is -2.17. The predicted octanol–water partition coefficient (Wildman–Crippen LogP) is 3.05. The van der Waals surface area contributed by atoms with Crippen LogP contribution < -0.4 is 0 Å². The Morgan fingerprint density at radius 1 is 1.21 bits per heavy atom. The van der Waals surface area contributed by atoms with Crippen LogP contribution in [0.3, 0.4) is 0 Å². The molecule has 0 unspecified atom stereocenters. The van der Waals surface area contributed by atoms with Crippen LogP contribution in [-0.2, 0) is 0 Å². The molecule has 0 aromatic carbocycles. The van der Waals surface area contributed by atoms with Crippen molar-refractivity contribution in [1.82, 2.24) is 4.90 Å². The third-order valence-corrected chi connectivity index (χ3v) is 2.50. The van der Waals surface area contributed by atoms with Gasteiger partial charge in [-0.3, -0.25) is 0 Å². The summed E-state index contributed by atoms with van der Waals surface area (Å²) in [6.07, 6.45) is 4.61. The average molecular weight is 196 g/mol. The number of nitriles is 1. The summed E-state index contributed by atoms with van der Waals surface area (Å²) in [5.41, 5.74) is -0.136. The smallest absolute Gasteiger partial charge is 0.0683 e. The highest BCUT2D eigenvalue weighted by Gasteiger charge is 2.15. The van der Waals surface area contributed by atoms with Crippen LogP contribution in [0.5, 0.6) is 0 Å². The van der Waals surface area contributed by atoms with Crippen molar-refractivity contribution in [2.75, 3.05) is 20.1 Å². The molecular formula is C12H24N2. The van der Waals surface area contributed by atoms with Gasteiger partial charge in [0.1, 0.15) is 0 Å². The van der Waals surface area contributed by atoms with Crippen molar-refractivity contribution < 1.29 is 0 Å². The van der Waals surface area contributed by atoms with E-state index in [0.29, 0.717) is 0 Å². The molecule has 0 saturated carbocycles. The Bertz CT molecular complexity index is 179. The van der Waals surface area contributed by atoms with E-state index in [2.05, 4.69) is 24.9 Å². The van der Waals surface area contributed by atoms with Crippen LogP contribution >= 0.6 is 0 Å². The van der Waals surface area contributed by atoms with Gasteiger partial charge in [-0.15, -0.1) is 0 Å². The van der Waals surface area contributed by atoms with Crippen molar-refractivity contribution in [1.29, 1.82) is 5.26 Å². The molecule has 0 heterocycles. The van der Waals surface area contributed by atoms with Crippen LogP contribution in [-0.4, -0.2) is 25.0 Å². The molecule has 0 rings (SSSR count). The maximum atomic E-state index is 8.83. The van der Waals surface area contributed by atoms with Gasteiger partial charge in [-0.2, -0.15) is 5.26 Å². The third kappa shape index (κ3) is 6.91. The van der Waals surface area contributed by atoms with E-state index >= 15 is 0 Å². The number of hydrogen-bond donors (Lipinski definition) is 0. The van der Waals surface area contributed by atoms with Crippen LogP contribution in [0.2, 0.25) is 0 Å². The van der Waals surface area contributed by atoms with Gasteiger partial charge in [-0.25, -0.2) is 0 Å². The predicted molar refractivity (Wildman–Crippen MR) is 61.0 cm³/mol. The van der Waals surface area contributed by atoms with Crippen molar-refractivity contribution in [3.63, 3.8) is 0 Å². The molecule has 0 aliphatic carbocycles. The van der Waals surface area contributed by atoms with Gasteiger partial charge >= 0.3 is 0 Å². The summed E-state index contributed by atoms with van der Waals surface area (Å²) in [7, 11) is 2.17. The average Bonchev–Trinajstić information content (AvgIpc) is 2.13. The van der Waals surface area contributed by atoms with E-state index in [1.165, 1.54) is 19.4 Å². The van der Waals surface area contributed by atoms with E-state index in [9.17, 15) is 0 Å². The molecule has 0 amide bonds. The first-order chi connectivity index (χ1) is 6.52. The number of nitrogens with zero attached hydrogens (tertiary/aromatic N) is 2. The van der Waals surface area contributed by atoms with Gasteiger partial charge in [0.25, 0.3) is 0 Å². The second kappa shape index (κ2) is 6.84. The van der Waals surface area contributed by atoms with E-state index < -0.39 is 0 Å². The van der Waals surface area contributed by atoms with Gasteiger partial charge in [-0.05, 0) is 53.2 Å². The Morgan fingerprint density at radius 2 is 1.86 bits per heavy atom. The Kier molecular flexibility index (Phi) is 6.57. The second-order valence-electron chi connectivity index (χ2n) is 4.76. The zero-order chi connectivity index (χ0) is 11.0. The Labute approximate surface area is 88.9 Å². The normalized spacial score (nSPS) is 11.7. The van der Waals surface area contributed by atoms with E-state index in [0.717, 1.165) is 19.4 Å². The summed E-state index contributed by atoms with van der Waals surface area (Å²) in [4.78, 5) is 2.36. The van der Waals surface area contributed by atoms with Crippen molar-refractivity contribution in [3.8, 4) is 6.07 Å². The lowest BCUT2D eigenvalue weighted by molar-refractivity contribution is 0.314. The topological polar surface area (TPSA) is 27.0 Å². The van der Waals surface area contributed by atoms with Gasteiger partial charge in [0.15, 0.2) is 0 Å². The Balaban J connectivity index is 3.43. The summed E-state index contributed by atoms with van der Waals surface area (Å²) < 4.78 is 0. The van der Waals surface area contributed by atoms with Gasteiger partial charge in [-0.1, -0.05) is 13.3 Å². The minimum absolute atomic E-state index is 0.136. The van der Waals surface area contributed by atoms with Gasteiger partial charge in [0.05, 0.1) is 11.5 Å². The Hall–Kier alpha value is -0.550. The molecule has 0 N–H and O–H groups in total. The van der Waals surface area contributed by atoms with E-state index in [1.54, 1.807) is 0 Å². The molecule has 0 bridgehead atoms. The molecule has 14 heavy (non-hydrogen) atoms. The minimum atomic E-state index is -0.136. The van der Waals surface area contributed by atoms with Crippen molar-refractivity contribution in [3.05, 3.63) is 0 Å². The molecule has 0 aliphatic rings. The summed E-state index contributed by atoms with van der Waals surface area (Å²) in [5.74, 6) is 0. The zero-order valence-corrected chi connectivity index (χ0v) is 10.1. The lowest BCUT2D eigenvalue weighted by atomic mass is 9.89. The molecular weight excluding hydrogens is 172 g/mol. The first-order valence-corrected chi connectivity index (χ1v) is 5.61. The quantitative estimate of drug-likeness (QED) is 0.585. The van der Waals surface area contributed by atoms with Crippen LogP contribution in [0.25, 0.3) is 0 Å². The molecule has 0 spiro atoms. The van der Waals surface area contributed by atoms with Crippen LogP contribution in [0, 0.1) is 16.7 Å². The largest absolute Gasteiger partial charge is 0.306 e. The first-order valence-electron chi connectivity index (χ1n) is 5.61. The molecule has 2 heteroatoms. The van der Waals surface area contributed by atoms with Crippen LogP contribution in [0.1, 0.15) is 46.5 Å². The van der Waals surface area contributed by atoms with E-state index in [-0.39, 0.29) is 5.41 Å². The van der Waals surface area contributed by atoms with Crippen molar-refractivity contribution in [2.45, 2.75) is 46.5 Å². The van der Waals surface area contributed by atoms with E-state index in [1.807, 2.05) is 13.8 Å². The summed E-state index contributed by atoms with van der Waals surface area (Å²) in [6.45, 7) is 8.58. The van der Waals surface area contributed by atoms with Gasteiger partial charge in [0.2, 0.25) is 0 Å². The van der Waals surface area contributed by atoms with Crippen molar-refractivity contribution >= 4 is 0 Å². The molecule has 0 fully saturated rings. The highest BCUT2D eigenvalue weighted by atomic mass is 15.1. The Morgan fingerprint density at radius 3 is 2.36 bits per heavy atom. The molecule has 82 valence electrons. The molecule has 0 aliphatic heterocycles. The SMILES string of the molecule is CCCN(C)CCCCC(C)(C)C#N. The number of rotatable bonds is 7. The fourth-order valence-corrected chi connectivity index (χ4v) is 1.50. The highest BCUT2D eigenvalue weighted by molar-refractivity contribution is 4.91. The molecule has 2 nitrogen and oxygen atoms in total. The summed E-state index contributed by atoms with van der Waals surface area (Å²) in [5, 5.41) is 8.83. The molecule has 0 saturated heterocycles. The molecule has 0 aromatic rings. The third-order valence-electron chi connectivity index (χ3n) is 2.50. The summed E-state index contributed by atoms with van der Waals surface area (Å²) >= 11 is 0. The summed E-state index contributed by atoms with van der Waals surface area (Å²) in [6, 6.07) is 2.34. The highest BCUT2D eigenvalue weighted by Crippen LogP contribution is 2.21.